The first kappa shape index (κ1) is 20.8. The number of rotatable bonds is 6. The molecule has 154 valence electrons. The number of carbonyl (C=O) groups excluding carboxylic acids is 1. The molecule has 7 heteroatoms. The van der Waals surface area contributed by atoms with Gasteiger partial charge in [-0.05, 0) is 50.3 Å². The van der Waals surface area contributed by atoms with Crippen LogP contribution in [0.3, 0.4) is 0 Å². The molecule has 1 aromatic carbocycles. The van der Waals surface area contributed by atoms with E-state index in [4.69, 9.17) is 9.47 Å². The number of piperidine rings is 1. The minimum atomic E-state index is -0.845. The van der Waals surface area contributed by atoms with Crippen molar-refractivity contribution in [3.8, 4) is 0 Å². The summed E-state index contributed by atoms with van der Waals surface area (Å²) in [5.74, 6) is -0.132. The highest BCUT2D eigenvalue weighted by molar-refractivity contribution is 6.23. The topological polar surface area (TPSA) is 82.5 Å². The van der Waals surface area contributed by atoms with Crippen molar-refractivity contribution in [2.75, 3.05) is 40.1 Å². The first-order chi connectivity index (χ1) is 13.3. The van der Waals surface area contributed by atoms with Crippen LogP contribution in [0, 0.1) is 20.8 Å². The van der Waals surface area contributed by atoms with Crippen molar-refractivity contribution in [1.82, 2.24) is 9.96 Å². The van der Waals surface area contributed by atoms with Crippen molar-refractivity contribution in [2.45, 2.75) is 39.2 Å². The lowest BCUT2D eigenvalue weighted by atomic mass is 9.84. The van der Waals surface area contributed by atoms with Gasteiger partial charge in [-0.15, -0.1) is 0 Å². The van der Waals surface area contributed by atoms with Crippen LogP contribution >= 0.6 is 0 Å². The van der Waals surface area contributed by atoms with Crippen LogP contribution in [0.2, 0.25) is 0 Å². The number of hydrogen-bond donors (Lipinski definition) is 2. The van der Waals surface area contributed by atoms with E-state index < -0.39 is 5.54 Å². The van der Waals surface area contributed by atoms with Crippen LogP contribution in [0.4, 0.5) is 0 Å². The normalized spacial score (nSPS) is 19.9. The van der Waals surface area contributed by atoms with Crippen molar-refractivity contribution in [3.63, 3.8) is 0 Å². The lowest BCUT2D eigenvalue weighted by Crippen LogP contribution is -2.55. The quantitative estimate of drug-likeness (QED) is 0.727. The number of nitrogens with zero attached hydrogens (tertiary/aromatic N) is 2. The van der Waals surface area contributed by atoms with Gasteiger partial charge in [-0.1, -0.05) is 17.7 Å². The van der Waals surface area contributed by atoms with Crippen molar-refractivity contribution in [1.29, 1.82) is 0 Å². The maximum absolute atomic E-state index is 13.4. The standard InChI is InChI=1S/C21H30N2O5/c1-14-11-15(2)17(16(3)12-14)18-19(24)21(5-7-22(26)8-6-21)23(20(18)25)13-28-10-9-27-4/h11-12,24,26H,5-10,13H2,1-4H3. The zero-order valence-corrected chi connectivity index (χ0v) is 17.1. The van der Waals surface area contributed by atoms with Crippen molar-refractivity contribution >= 4 is 11.5 Å². The number of amides is 1. The number of benzene rings is 1. The highest BCUT2D eigenvalue weighted by Gasteiger charge is 2.54. The average Bonchev–Trinajstić information content (AvgIpc) is 2.82. The summed E-state index contributed by atoms with van der Waals surface area (Å²) in [5.41, 5.74) is 3.35. The zero-order valence-electron chi connectivity index (χ0n) is 17.1. The number of carbonyl (C=O) groups is 1. The van der Waals surface area contributed by atoms with Gasteiger partial charge in [0.05, 0.1) is 18.8 Å². The van der Waals surface area contributed by atoms with Crippen LogP contribution in [-0.2, 0) is 14.3 Å². The fourth-order valence-electron chi connectivity index (χ4n) is 4.44. The fraction of sp³-hybridized carbons (Fsp3) is 0.571. The van der Waals surface area contributed by atoms with Crippen LogP contribution in [-0.4, -0.2) is 71.9 Å². The number of methoxy groups -OCH3 is 1. The Kier molecular flexibility index (Phi) is 6.09. The van der Waals surface area contributed by atoms with Crippen LogP contribution in [0.15, 0.2) is 17.9 Å². The van der Waals surface area contributed by atoms with E-state index in [0.29, 0.717) is 44.7 Å². The van der Waals surface area contributed by atoms with Gasteiger partial charge < -0.3 is 24.7 Å². The lowest BCUT2D eigenvalue weighted by molar-refractivity contribution is -0.155. The zero-order chi connectivity index (χ0) is 20.5. The van der Waals surface area contributed by atoms with Gasteiger partial charge in [0.1, 0.15) is 18.0 Å². The Hall–Kier alpha value is -1.93. The molecule has 1 amide bonds. The predicted octanol–water partition coefficient (Wildman–Crippen LogP) is 2.57. The van der Waals surface area contributed by atoms with E-state index in [2.05, 4.69) is 0 Å². The van der Waals surface area contributed by atoms with Crippen molar-refractivity contribution in [2.24, 2.45) is 0 Å². The molecule has 0 radical (unpaired) electrons. The molecule has 1 saturated heterocycles. The smallest absolute Gasteiger partial charge is 0.260 e. The summed E-state index contributed by atoms with van der Waals surface area (Å²) >= 11 is 0. The summed E-state index contributed by atoms with van der Waals surface area (Å²) < 4.78 is 10.7. The molecular formula is C21H30N2O5. The SMILES string of the molecule is COCCOCN1C(=O)C(c2c(C)cc(C)cc2C)=C(O)C12CCN(O)CC2. The summed E-state index contributed by atoms with van der Waals surface area (Å²) in [6.45, 7) is 7.57. The number of aryl methyl sites for hydroxylation is 3. The fourth-order valence-corrected chi connectivity index (χ4v) is 4.44. The van der Waals surface area contributed by atoms with Crippen LogP contribution in [0.1, 0.15) is 35.1 Å². The summed E-state index contributed by atoms with van der Waals surface area (Å²) in [7, 11) is 1.59. The van der Waals surface area contributed by atoms with Gasteiger partial charge in [0.15, 0.2) is 0 Å². The molecule has 0 aromatic heterocycles. The molecule has 2 aliphatic heterocycles. The minimum absolute atomic E-state index is 0.0745. The number of hydroxylamine groups is 2. The van der Waals surface area contributed by atoms with Gasteiger partial charge in [-0.3, -0.25) is 4.79 Å². The molecule has 1 spiro atoms. The Morgan fingerprint density at radius 3 is 2.29 bits per heavy atom. The number of ether oxygens (including phenoxy) is 2. The molecule has 2 heterocycles. The van der Waals surface area contributed by atoms with Gasteiger partial charge in [0.2, 0.25) is 0 Å². The van der Waals surface area contributed by atoms with Crippen LogP contribution < -0.4 is 0 Å². The maximum Gasteiger partial charge on any atom is 0.260 e. The van der Waals surface area contributed by atoms with Crippen molar-refractivity contribution < 1.29 is 24.6 Å². The molecule has 0 saturated carbocycles. The predicted molar refractivity (Wildman–Crippen MR) is 105 cm³/mol. The molecule has 0 aliphatic carbocycles. The number of aliphatic hydroxyl groups excluding tert-OH is 1. The monoisotopic (exact) mass is 390 g/mol. The number of aliphatic hydroxyl groups is 1. The van der Waals surface area contributed by atoms with E-state index >= 15 is 0 Å². The first-order valence-electron chi connectivity index (χ1n) is 9.66. The molecule has 2 N–H and O–H groups in total. The van der Waals surface area contributed by atoms with Gasteiger partial charge in [-0.25, -0.2) is 0 Å². The van der Waals surface area contributed by atoms with E-state index in [1.165, 1.54) is 5.06 Å². The molecular weight excluding hydrogens is 360 g/mol. The van der Waals surface area contributed by atoms with Crippen LogP contribution in [0.25, 0.3) is 5.57 Å². The second kappa shape index (κ2) is 8.21. The highest BCUT2D eigenvalue weighted by Crippen LogP contribution is 2.46. The molecule has 28 heavy (non-hydrogen) atoms. The van der Waals surface area contributed by atoms with Gasteiger partial charge in [0, 0.05) is 20.2 Å². The molecule has 1 aromatic rings. The largest absolute Gasteiger partial charge is 0.509 e. The third-order valence-electron chi connectivity index (χ3n) is 5.80. The Balaban J connectivity index is 2.03. The van der Waals surface area contributed by atoms with E-state index in [-0.39, 0.29) is 18.4 Å². The summed E-state index contributed by atoms with van der Waals surface area (Å²) in [6.07, 6.45) is 0.893. The third kappa shape index (κ3) is 3.55. The third-order valence-corrected chi connectivity index (χ3v) is 5.80. The maximum atomic E-state index is 13.4. The average molecular weight is 390 g/mol. The summed E-state index contributed by atoms with van der Waals surface area (Å²) in [4.78, 5) is 15.1. The second-order valence-electron chi connectivity index (χ2n) is 7.75. The van der Waals surface area contributed by atoms with Gasteiger partial charge >= 0.3 is 0 Å². The number of hydrogen-bond acceptors (Lipinski definition) is 6. The van der Waals surface area contributed by atoms with Gasteiger partial charge in [0.25, 0.3) is 5.91 Å². The van der Waals surface area contributed by atoms with E-state index in [9.17, 15) is 15.1 Å². The molecule has 7 nitrogen and oxygen atoms in total. The molecule has 0 atom stereocenters. The van der Waals surface area contributed by atoms with E-state index in [1.807, 2.05) is 32.9 Å². The summed E-state index contributed by atoms with van der Waals surface area (Å²) in [6, 6.07) is 4.05. The van der Waals surface area contributed by atoms with E-state index in [1.54, 1.807) is 12.0 Å². The Labute approximate surface area is 166 Å². The Bertz CT molecular complexity index is 758. The molecule has 0 bridgehead atoms. The molecule has 3 rings (SSSR count). The van der Waals surface area contributed by atoms with Crippen LogP contribution in [0.5, 0.6) is 0 Å². The molecule has 0 unspecified atom stereocenters. The lowest BCUT2D eigenvalue weighted by Gasteiger charge is -2.43. The Morgan fingerprint density at radius 1 is 1.11 bits per heavy atom. The molecule has 2 aliphatic rings. The second-order valence-corrected chi connectivity index (χ2v) is 7.75. The Morgan fingerprint density at radius 2 is 1.71 bits per heavy atom. The highest BCUT2D eigenvalue weighted by atomic mass is 16.5. The van der Waals surface area contributed by atoms with E-state index in [0.717, 1.165) is 22.3 Å². The van der Waals surface area contributed by atoms with Gasteiger partial charge in [-0.2, -0.15) is 5.06 Å². The van der Waals surface area contributed by atoms with Crippen molar-refractivity contribution in [3.05, 3.63) is 40.1 Å². The minimum Gasteiger partial charge on any atom is -0.509 e. The summed E-state index contributed by atoms with van der Waals surface area (Å²) in [5, 5.41) is 22.4. The molecule has 1 fully saturated rings. The first-order valence-corrected chi connectivity index (χ1v) is 9.66.